The van der Waals surface area contributed by atoms with Crippen molar-refractivity contribution >= 4 is 22.8 Å². The molecule has 23 heavy (non-hydrogen) atoms. The number of carboxylic acid groups (broad SMARTS) is 1. The van der Waals surface area contributed by atoms with Crippen molar-refractivity contribution in [2.75, 3.05) is 31.1 Å². The van der Waals surface area contributed by atoms with Gasteiger partial charge in [-0.2, -0.15) is 0 Å². The predicted octanol–water partition coefficient (Wildman–Crippen LogP) is 1.87. The van der Waals surface area contributed by atoms with E-state index in [4.69, 9.17) is 5.11 Å². The van der Waals surface area contributed by atoms with Gasteiger partial charge in [0.25, 0.3) is 0 Å². The van der Waals surface area contributed by atoms with E-state index in [1.165, 1.54) is 6.33 Å². The average molecular weight is 319 g/mol. The second-order valence-corrected chi connectivity index (χ2v) is 5.52. The lowest BCUT2D eigenvalue weighted by Gasteiger charge is -2.31. The Kier molecular flexibility index (Phi) is 6.34. The molecule has 0 radical (unpaired) electrons. The Bertz CT molecular complexity index is 626. The molecule has 1 atom stereocenters. The molecule has 1 fully saturated rings. The molecule has 2 aromatic rings. The number of carboxylic acids is 1. The number of aliphatic carboxylic acids is 1. The number of aromatic amines is 1. The van der Waals surface area contributed by atoms with Crippen LogP contribution in [-0.4, -0.2) is 52.2 Å². The number of aromatic nitrogens is 3. The highest BCUT2D eigenvalue weighted by Gasteiger charge is 2.27. The first-order valence-corrected chi connectivity index (χ1v) is 8.13. The maximum Gasteiger partial charge on any atom is 0.308 e. The summed E-state index contributed by atoms with van der Waals surface area (Å²) in [7, 11) is 0. The van der Waals surface area contributed by atoms with Gasteiger partial charge in [-0.1, -0.05) is 13.8 Å². The van der Waals surface area contributed by atoms with Gasteiger partial charge in [-0.05, 0) is 32.0 Å². The van der Waals surface area contributed by atoms with E-state index in [0.717, 1.165) is 49.3 Å². The Balaban J connectivity index is 0.000000338. The van der Waals surface area contributed by atoms with Crippen LogP contribution in [0.3, 0.4) is 0 Å². The van der Waals surface area contributed by atoms with Gasteiger partial charge >= 0.3 is 5.97 Å². The van der Waals surface area contributed by atoms with E-state index in [2.05, 4.69) is 34.1 Å². The zero-order chi connectivity index (χ0) is 16.7. The van der Waals surface area contributed by atoms with Crippen LogP contribution in [0, 0.1) is 5.92 Å². The maximum absolute atomic E-state index is 11.1. The Morgan fingerprint density at radius 1 is 1.43 bits per heavy atom. The van der Waals surface area contributed by atoms with Gasteiger partial charge in [-0.3, -0.25) is 4.79 Å². The number of anilines is 1. The van der Waals surface area contributed by atoms with E-state index in [9.17, 15) is 4.79 Å². The summed E-state index contributed by atoms with van der Waals surface area (Å²) in [6.07, 6.45) is 4.96. The highest BCUT2D eigenvalue weighted by atomic mass is 16.4. The van der Waals surface area contributed by atoms with Crippen molar-refractivity contribution in [2.45, 2.75) is 26.7 Å². The van der Waals surface area contributed by atoms with Gasteiger partial charge in [-0.25, -0.2) is 9.97 Å². The summed E-state index contributed by atoms with van der Waals surface area (Å²) in [6.45, 7) is 7.76. The molecule has 0 aromatic carbocycles. The fourth-order valence-corrected chi connectivity index (χ4v) is 2.73. The van der Waals surface area contributed by atoms with Crippen LogP contribution in [0.25, 0.3) is 11.0 Å². The molecule has 7 heteroatoms. The summed E-state index contributed by atoms with van der Waals surface area (Å²) in [5.41, 5.74) is 0.789. The molecule has 2 aromatic heterocycles. The molecule has 7 nitrogen and oxygen atoms in total. The molecule has 1 aliphatic heterocycles. The molecule has 3 rings (SSSR count). The molecule has 0 saturated carbocycles. The highest BCUT2D eigenvalue weighted by Crippen LogP contribution is 2.26. The predicted molar refractivity (Wildman–Crippen MR) is 90.7 cm³/mol. The largest absolute Gasteiger partial charge is 0.481 e. The second-order valence-electron chi connectivity index (χ2n) is 5.52. The summed E-state index contributed by atoms with van der Waals surface area (Å²) in [6, 6.07) is 1.93. The summed E-state index contributed by atoms with van der Waals surface area (Å²) < 4.78 is 0. The van der Waals surface area contributed by atoms with Crippen LogP contribution >= 0.6 is 0 Å². The quantitative estimate of drug-likeness (QED) is 0.796. The SMILES string of the molecule is CCNCC.O=C(O)C1CCCN(c2ncnc3[nH]ccc23)C1. The summed E-state index contributed by atoms with van der Waals surface area (Å²) in [5.74, 6) is -0.200. The monoisotopic (exact) mass is 319 g/mol. The molecule has 0 spiro atoms. The Morgan fingerprint density at radius 2 is 2.22 bits per heavy atom. The van der Waals surface area contributed by atoms with E-state index < -0.39 is 5.97 Å². The molecular weight excluding hydrogens is 294 g/mol. The Morgan fingerprint density at radius 3 is 2.87 bits per heavy atom. The number of piperidine rings is 1. The van der Waals surface area contributed by atoms with Crippen LogP contribution in [0.4, 0.5) is 5.82 Å². The number of H-pyrrole nitrogens is 1. The molecule has 0 aliphatic carbocycles. The standard InChI is InChI=1S/C12H14N4O2.C4H11N/c17-12(18)8-2-1-5-16(6-8)11-9-3-4-13-10(9)14-7-15-11;1-3-5-4-2/h3-4,7-8H,1-2,5-6H2,(H,17,18)(H,13,14,15);5H,3-4H2,1-2H3. The van der Waals surface area contributed by atoms with Gasteiger partial charge in [0.2, 0.25) is 0 Å². The van der Waals surface area contributed by atoms with Crippen molar-refractivity contribution in [1.82, 2.24) is 20.3 Å². The number of hydrogen-bond acceptors (Lipinski definition) is 5. The summed E-state index contributed by atoms with van der Waals surface area (Å²) in [4.78, 5) is 24.6. The van der Waals surface area contributed by atoms with Gasteiger partial charge in [-0.15, -0.1) is 0 Å². The van der Waals surface area contributed by atoms with Crippen molar-refractivity contribution in [3.8, 4) is 0 Å². The zero-order valence-corrected chi connectivity index (χ0v) is 13.7. The highest BCUT2D eigenvalue weighted by molar-refractivity contribution is 5.87. The van der Waals surface area contributed by atoms with Gasteiger partial charge in [0.1, 0.15) is 17.8 Å². The van der Waals surface area contributed by atoms with Crippen molar-refractivity contribution in [3.05, 3.63) is 18.6 Å². The van der Waals surface area contributed by atoms with E-state index in [-0.39, 0.29) is 5.92 Å². The number of fused-ring (bicyclic) bond motifs is 1. The lowest BCUT2D eigenvalue weighted by atomic mass is 9.98. The van der Waals surface area contributed by atoms with Gasteiger partial charge < -0.3 is 20.3 Å². The first kappa shape index (κ1) is 17.2. The van der Waals surface area contributed by atoms with Crippen LogP contribution < -0.4 is 10.2 Å². The third-order valence-electron chi connectivity index (χ3n) is 3.90. The van der Waals surface area contributed by atoms with Gasteiger partial charge in [0.05, 0.1) is 11.3 Å². The average Bonchev–Trinajstić information content (AvgIpc) is 3.05. The van der Waals surface area contributed by atoms with E-state index in [1.54, 1.807) is 0 Å². The Labute approximate surface area is 136 Å². The molecule has 1 aliphatic rings. The first-order chi connectivity index (χ1) is 11.2. The fraction of sp³-hybridized carbons (Fsp3) is 0.562. The lowest BCUT2D eigenvalue weighted by Crippen LogP contribution is -2.39. The number of rotatable bonds is 4. The van der Waals surface area contributed by atoms with Crippen LogP contribution in [0.15, 0.2) is 18.6 Å². The fourth-order valence-electron chi connectivity index (χ4n) is 2.73. The molecule has 1 saturated heterocycles. The normalized spacial score (nSPS) is 17.7. The first-order valence-electron chi connectivity index (χ1n) is 8.13. The smallest absolute Gasteiger partial charge is 0.308 e. The zero-order valence-electron chi connectivity index (χ0n) is 13.7. The van der Waals surface area contributed by atoms with Crippen molar-refractivity contribution in [2.24, 2.45) is 5.92 Å². The minimum atomic E-state index is -0.723. The number of nitrogens with one attached hydrogen (secondary N) is 2. The number of carbonyl (C=O) groups is 1. The van der Waals surface area contributed by atoms with E-state index in [1.807, 2.05) is 17.2 Å². The molecule has 1 unspecified atom stereocenters. The molecule has 3 N–H and O–H groups in total. The van der Waals surface area contributed by atoms with Crippen LogP contribution in [0.2, 0.25) is 0 Å². The topological polar surface area (TPSA) is 94.1 Å². The maximum atomic E-state index is 11.1. The number of hydrogen-bond donors (Lipinski definition) is 3. The van der Waals surface area contributed by atoms with Crippen molar-refractivity contribution in [1.29, 1.82) is 0 Å². The van der Waals surface area contributed by atoms with Crippen molar-refractivity contribution in [3.63, 3.8) is 0 Å². The van der Waals surface area contributed by atoms with Crippen LogP contribution in [0.5, 0.6) is 0 Å². The molecule has 126 valence electrons. The minimum absolute atomic E-state index is 0.303. The Hall–Kier alpha value is -2.15. The molecule has 3 heterocycles. The third kappa shape index (κ3) is 4.41. The number of nitrogens with zero attached hydrogens (tertiary/aromatic N) is 3. The third-order valence-corrected chi connectivity index (χ3v) is 3.90. The summed E-state index contributed by atoms with van der Waals surface area (Å²) in [5, 5.41) is 13.2. The molecule has 0 bridgehead atoms. The van der Waals surface area contributed by atoms with Crippen molar-refractivity contribution < 1.29 is 9.90 Å². The van der Waals surface area contributed by atoms with E-state index >= 15 is 0 Å². The van der Waals surface area contributed by atoms with Gasteiger partial charge in [0, 0.05) is 19.3 Å². The second kappa shape index (κ2) is 8.47. The minimum Gasteiger partial charge on any atom is -0.481 e. The van der Waals surface area contributed by atoms with E-state index in [0.29, 0.717) is 6.54 Å². The summed E-state index contributed by atoms with van der Waals surface area (Å²) >= 11 is 0. The van der Waals surface area contributed by atoms with Gasteiger partial charge in [0.15, 0.2) is 0 Å². The van der Waals surface area contributed by atoms with Crippen LogP contribution in [-0.2, 0) is 4.79 Å². The lowest BCUT2D eigenvalue weighted by molar-refractivity contribution is -0.141. The van der Waals surface area contributed by atoms with Crippen LogP contribution in [0.1, 0.15) is 26.7 Å². The molecule has 0 amide bonds. The molecular formula is C16H25N5O2.